The van der Waals surface area contributed by atoms with Crippen LogP contribution in [0.2, 0.25) is 0 Å². The van der Waals surface area contributed by atoms with Gasteiger partial charge in [-0.1, -0.05) is 30.3 Å². The summed E-state index contributed by atoms with van der Waals surface area (Å²) in [4.78, 5) is 16.3. The zero-order chi connectivity index (χ0) is 19.1. The van der Waals surface area contributed by atoms with Crippen LogP contribution in [0.1, 0.15) is 37.0 Å². The zero-order valence-corrected chi connectivity index (χ0v) is 15.0. The van der Waals surface area contributed by atoms with E-state index in [4.69, 9.17) is 14.7 Å². The van der Waals surface area contributed by atoms with Crippen LogP contribution in [0.4, 0.5) is 4.39 Å². The maximum absolute atomic E-state index is 13.5. The van der Waals surface area contributed by atoms with Gasteiger partial charge in [0, 0.05) is 5.56 Å². The number of hydrogen-bond donors (Lipinski definition) is 1. The topological polar surface area (TPSA) is 68.1 Å². The lowest BCUT2D eigenvalue weighted by molar-refractivity contribution is -0.145. The third-order valence-corrected chi connectivity index (χ3v) is 3.89. The largest absolute Gasteiger partial charge is 0.479 e. The summed E-state index contributed by atoms with van der Waals surface area (Å²) in [7, 11) is 0. The number of carboxylic acid groups (broad SMARTS) is 1. The number of ether oxygens (including phenoxy) is 1. The van der Waals surface area contributed by atoms with Crippen molar-refractivity contribution in [3.63, 3.8) is 0 Å². The van der Waals surface area contributed by atoms with Crippen LogP contribution in [0.15, 0.2) is 47.6 Å². The molecule has 138 valence electrons. The summed E-state index contributed by atoms with van der Waals surface area (Å²) in [6.45, 7) is 5.41. The third kappa shape index (κ3) is 5.05. The molecule has 5 nitrogen and oxygen atoms in total. The number of aryl methyl sites for hydroxylation is 1. The average Bonchev–Trinajstić information content (AvgIpc) is 2.61. The Morgan fingerprint density at radius 3 is 2.62 bits per heavy atom. The van der Waals surface area contributed by atoms with Crippen molar-refractivity contribution >= 4 is 11.7 Å². The molecule has 0 bridgehead atoms. The fourth-order valence-electron chi connectivity index (χ4n) is 2.34. The minimum Gasteiger partial charge on any atom is -0.479 e. The van der Waals surface area contributed by atoms with Crippen LogP contribution in [0.5, 0.6) is 5.75 Å². The summed E-state index contributed by atoms with van der Waals surface area (Å²) in [5.74, 6) is -0.806. The number of carbonyl (C=O) groups is 1. The molecule has 0 aliphatic carbocycles. The average molecular weight is 359 g/mol. The van der Waals surface area contributed by atoms with Crippen LogP contribution < -0.4 is 4.74 Å². The highest BCUT2D eigenvalue weighted by molar-refractivity contribution is 5.98. The molecule has 2 rings (SSSR count). The molecule has 2 aromatic carbocycles. The molecule has 2 aromatic rings. The minimum absolute atomic E-state index is 0.0426. The van der Waals surface area contributed by atoms with Crippen molar-refractivity contribution in [2.45, 2.75) is 39.9 Å². The Morgan fingerprint density at radius 1 is 1.27 bits per heavy atom. The van der Waals surface area contributed by atoms with Gasteiger partial charge in [0.1, 0.15) is 18.2 Å². The molecule has 0 fully saturated rings. The molecule has 0 aliphatic heterocycles. The van der Waals surface area contributed by atoms with Crippen LogP contribution in [-0.4, -0.2) is 22.9 Å². The second-order valence-corrected chi connectivity index (χ2v) is 5.87. The first-order valence-electron chi connectivity index (χ1n) is 8.32. The fourth-order valence-corrected chi connectivity index (χ4v) is 2.34. The van der Waals surface area contributed by atoms with Gasteiger partial charge in [0.2, 0.25) is 0 Å². The van der Waals surface area contributed by atoms with E-state index in [9.17, 15) is 9.18 Å². The molecule has 26 heavy (non-hydrogen) atoms. The van der Waals surface area contributed by atoms with Gasteiger partial charge in [-0.05, 0) is 55.7 Å². The van der Waals surface area contributed by atoms with Gasteiger partial charge in [0.25, 0.3) is 0 Å². The minimum atomic E-state index is -0.990. The van der Waals surface area contributed by atoms with Gasteiger partial charge >= 0.3 is 5.97 Å². The monoisotopic (exact) mass is 359 g/mol. The molecule has 1 unspecified atom stereocenters. The van der Waals surface area contributed by atoms with Crippen molar-refractivity contribution in [3.05, 3.63) is 65.0 Å². The van der Waals surface area contributed by atoms with Crippen molar-refractivity contribution in [2.75, 3.05) is 0 Å². The Kier molecular flexibility index (Phi) is 6.72. The number of aliphatic carboxylic acids is 1. The van der Waals surface area contributed by atoms with Crippen LogP contribution in [0.25, 0.3) is 0 Å². The van der Waals surface area contributed by atoms with Gasteiger partial charge in [-0.3, -0.25) is 0 Å². The van der Waals surface area contributed by atoms with E-state index in [1.165, 1.54) is 6.07 Å². The standard InChI is InChI=1S/C20H22FNO4/c1-4-18(20(23)24)26-19-10-9-15(11-13(19)2)14(3)22-25-12-16-7-5-6-8-17(16)21/h5-11,18H,4,12H2,1-3H3,(H,23,24)/b22-14+. The van der Waals surface area contributed by atoms with Gasteiger partial charge < -0.3 is 14.7 Å². The molecule has 0 heterocycles. The van der Waals surface area contributed by atoms with Crippen molar-refractivity contribution in [3.8, 4) is 5.75 Å². The van der Waals surface area contributed by atoms with E-state index in [-0.39, 0.29) is 12.4 Å². The number of benzene rings is 2. The van der Waals surface area contributed by atoms with E-state index in [1.54, 1.807) is 44.2 Å². The van der Waals surface area contributed by atoms with Crippen LogP contribution >= 0.6 is 0 Å². The smallest absolute Gasteiger partial charge is 0.344 e. The molecule has 0 amide bonds. The second kappa shape index (κ2) is 8.99. The Hall–Kier alpha value is -2.89. The van der Waals surface area contributed by atoms with E-state index in [1.807, 2.05) is 13.0 Å². The summed E-state index contributed by atoms with van der Waals surface area (Å²) in [5.41, 5.74) is 2.67. The first kappa shape index (κ1) is 19.4. The summed E-state index contributed by atoms with van der Waals surface area (Å²) in [6, 6.07) is 11.7. The van der Waals surface area contributed by atoms with Gasteiger partial charge in [0.05, 0.1) is 5.71 Å². The SMILES string of the molecule is CCC(Oc1ccc(/C(C)=N/OCc2ccccc2F)cc1C)C(=O)O. The first-order valence-corrected chi connectivity index (χ1v) is 8.32. The molecule has 0 saturated heterocycles. The molecule has 0 aliphatic rings. The maximum atomic E-state index is 13.5. The molecular weight excluding hydrogens is 337 g/mol. The fraction of sp³-hybridized carbons (Fsp3) is 0.300. The van der Waals surface area contributed by atoms with Crippen LogP contribution in [0.3, 0.4) is 0 Å². The molecule has 6 heteroatoms. The van der Waals surface area contributed by atoms with Gasteiger partial charge in [0.15, 0.2) is 6.10 Å². The summed E-state index contributed by atoms with van der Waals surface area (Å²) >= 11 is 0. The lowest BCUT2D eigenvalue weighted by Gasteiger charge is -2.15. The zero-order valence-electron chi connectivity index (χ0n) is 15.0. The van der Waals surface area contributed by atoms with E-state index in [0.717, 1.165) is 11.1 Å². The van der Waals surface area contributed by atoms with E-state index in [2.05, 4.69) is 5.16 Å². The Balaban J connectivity index is 2.05. The highest BCUT2D eigenvalue weighted by Crippen LogP contribution is 2.22. The lowest BCUT2D eigenvalue weighted by Crippen LogP contribution is -2.26. The Morgan fingerprint density at radius 2 is 2.00 bits per heavy atom. The van der Waals surface area contributed by atoms with Crippen molar-refractivity contribution in [1.82, 2.24) is 0 Å². The third-order valence-electron chi connectivity index (χ3n) is 3.89. The maximum Gasteiger partial charge on any atom is 0.344 e. The van der Waals surface area contributed by atoms with E-state index in [0.29, 0.717) is 23.4 Å². The molecule has 0 aromatic heterocycles. The predicted octanol–water partition coefficient (Wildman–Crippen LogP) is 4.32. The highest BCUT2D eigenvalue weighted by atomic mass is 19.1. The number of halogens is 1. The van der Waals surface area contributed by atoms with Gasteiger partial charge in [-0.25, -0.2) is 9.18 Å². The molecule has 0 spiro atoms. The molecule has 1 atom stereocenters. The predicted molar refractivity (Wildman–Crippen MR) is 96.9 cm³/mol. The van der Waals surface area contributed by atoms with Gasteiger partial charge in [-0.2, -0.15) is 0 Å². The summed E-state index contributed by atoms with van der Waals surface area (Å²) in [5, 5.41) is 13.1. The van der Waals surface area contributed by atoms with Crippen LogP contribution in [0, 0.1) is 12.7 Å². The number of carboxylic acids is 1. The normalized spacial score (nSPS) is 12.5. The van der Waals surface area contributed by atoms with Gasteiger partial charge in [-0.15, -0.1) is 0 Å². The molecule has 1 N–H and O–H groups in total. The summed E-state index contributed by atoms with van der Waals surface area (Å²) in [6.07, 6.45) is -0.501. The molecule has 0 saturated carbocycles. The summed E-state index contributed by atoms with van der Waals surface area (Å²) < 4.78 is 19.1. The Labute approximate surface area is 152 Å². The van der Waals surface area contributed by atoms with E-state index < -0.39 is 12.1 Å². The highest BCUT2D eigenvalue weighted by Gasteiger charge is 2.17. The number of oxime groups is 1. The lowest BCUT2D eigenvalue weighted by atomic mass is 10.1. The van der Waals surface area contributed by atoms with E-state index >= 15 is 0 Å². The van der Waals surface area contributed by atoms with Crippen LogP contribution in [-0.2, 0) is 16.2 Å². The van der Waals surface area contributed by atoms with Crippen molar-refractivity contribution in [2.24, 2.45) is 5.16 Å². The van der Waals surface area contributed by atoms with Crippen molar-refractivity contribution in [1.29, 1.82) is 0 Å². The molecular formula is C20H22FNO4. The number of nitrogens with zero attached hydrogens (tertiary/aromatic N) is 1. The molecule has 0 radical (unpaired) electrons. The number of hydrogen-bond acceptors (Lipinski definition) is 4. The quantitative estimate of drug-likeness (QED) is 0.563. The second-order valence-electron chi connectivity index (χ2n) is 5.87. The number of rotatable bonds is 8. The first-order chi connectivity index (χ1) is 12.4. The Bertz CT molecular complexity index is 804. The van der Waals surface area contributed by atoms with Crippen molar-refractivity contribution < 1.29 is 23.9 Å².